The molecular weight excluding hydrogens is 458 g/mol. The van der Waals surface area contributed by atoms with Crippen molar-refractivity contribution in [2.45, 2.75) is 19.9 Å². The fraction of sp³-hybridized carbons (Fsp3) is 0.241. The minimum atomic E-state index is -0.767. The highest BCUT2D eigenvalue weighted by atomic mass is 16.5. The summed E-state index contributed by atoms with van der Waals surface area (Å²) in [5.74, 6) is 0.362. The molecule has 1 aliphatic heterocycles. The van der Waals surface area contributed by atoms with Crippen LogP contribution in [0.15, 0.2) is 72.3 Å². The quantitative estimate of drug-likeness (QED) is 0.279. The van der Waals surface area contributed by atoms with E-state index in [1.54, 1.807) is 68.8 Å². The van der Waals surface area contributed by atoms with Crippen LogP contribution >= 0.6 is 0 Å². The second kappa shape index (κ2) is 10.6. The summed E-state index contributed by atoms with van der Waals surface area (Å²) < 4.78 is 16.2. The van der Waals surface area contributed by atoms with E-state index in [0.29, 0.717) is 28.4 Å². The van der Waals surface area contributed by atoms with E-state index in [9.17, 15) is 14.7 Å². The van der Waals surface area contributed by atoms with E-state index >= 15 is 0 Å². The molecule has 0 spiro atoms. The van der Waals surface area contributed by atoms with Gasteiger partial charge in [-0.1, -0.05) is 24.3 Å². The molecule has 3 aromatic rings. The number of Topliss-reactive ketones (excluding diaryl/α,β-unsaturated/α-hetero) is 1. The van der Waals surface area contributed by atoms with Gasteiger partial charge in [-0.3, -0.25) is 9.59 Å². The molecular formula is C29H29NO6. The maximum Gasteiger partial charge on any atom is 0.295 e. The first-order chi connectivity index (χ1) is 17.3. The molecule has 4 rings (SSSR count). The van der Waals surface area contributed by atoms with Gasteiger partial charge in [0.2, 0.25) is 0 Å². The molecule has 0 aliphatic carbocycles. The van der Waals surface area contributed by atoms with E-state index in [4.69, 9.17) is 14.2 Å². The van der Waals surface area contributed by atoms with Crippen LogP contribution in [0.4, 0.5) is 0 Å². The molecule has 1 N–H and O–H groups in total. The second-order valence-electron chi connectivity index (χ2n) is 8.59. The number of rotatable bonds is 8. The molecule has 1 amide bonds. The Hall–Kier alpha value is -4.26. The van der Waals surface area contributed by atoms with E-state index in [2.05, 4.69) is 0 Å². The lowest BCUT2D eigenvalue weighted by Gasteiger charge is -2.25. The Morgan fingerprint density at radius 2 is 1.42 bits per heavy atom. The number of nitrogens with zero attached hydrogens (tertiary/aromatic N) is 1. The summed E-state index contributed by atoms with van der Waals surface area (Å²) in [7, 11) is 3.15. The number of aliphatic hydroxyl groups excluding tert-OH is 1. The maximum atomic E-state index is 13.2. The zero-order chi connectivity index (χ0) is 25.8. The lowest BCUT2D eigenvalue weighted by molar-refractivity contribution is -0.140. The van der Waals surface area contributed by atoms with Gasteiger partial charge in [-0.2, -0.15) is 0 Å². The van der Waals surface area contributed by atoms with Crippen molar-refractivity contribution in [3.05, 3.63) is 94.6 Å². The number of aryl methyl sites for hydroxylation is 2. The summed E-state index contributed by atoms with van der Waals surface area (Å²) in [4.78, 5) is 27.8. The number of carbonyl (C=O) groups is 2. The van der Waals surface area contributed by atoms with E-state index in [1.165, 1.54) is 4.90 Å². The summed E-state index contributed by atoms with van der Waals surface area (Å²) in [5, 5.41) is 11.2. The van der Waals surface area contributed by atoms with Gasteiger partial charge in [0.1, 0.15) is 29.6 Å². The third kappa shape index (κ3) is 4.91. The fourth-order valence-corrected chi connectivity index (χ4v) is 4.22. The molecule has 0 bridgehead atoms. The summed E-state index contributed by atoms with van der Waals surface area (Å²) in [6, 6.07) is 18.9. The summed E-state index contributed by atoms with van der Waals surface area (Å²) in [6.07, 6.45) is 0. The standard InChI is InChI=1S/C29H29NO6/c1-18-5-6-21(17-19(18)2)27(31)25-26(20-7-9-22(34-3)10-8-20)30(29(33)28(25)32)15-16-36-24-13-11-23(35-4)12-14-24/h5-14,17,26,31H,15-16H2,1-4H3/b27-25-. The van der Waals surface area contributed by atoms with Crippen LogP contribution in [0, 0.1) is 13.8 Å². The van der Waals surface area contributed by atoms with Crippen molar-refractivity contribution in [2.24, 2.45) is 0 Å². The highest BCUT2D eigenvalue weighted by molar-refractivity contribution is 6.46. The monoisotopic (exact) mass is 487 g/mol. The van der Waals surface area contributed by atoms with Crippen molar-refractivity contribution >= 4 is 17.4 Å². The normalized spacial score (nSPS) is 16.8. The van der Waals surface area contributed by atoms with Gasteiger partial charge in [0.05, 0.1) is 32.4 Å². The Balaban J connectivity index is 1.68. The highest BCUT2D eigenvalue weighted by Gasteiger charge is 2.46. The molecule has 1 atom stereocenters. The van der Waals surface area contributed by atoms with E-state index in [-0.39, 0.29) is 24.5 Å². The number of amides is 1. The molecule has 186 valence electrons. The van der Waals surface area contributed by atoms with Crippen LogP contribution in [0.2, 0.25) is 0 Å². The average molecular weight is 488 g/mol. The fourth-order valence-electron chi connectivity index (χ4n) is 4.22. The Kier molecular flexibility index (Phi) is 7.29. The van der Waals surface area contributed by atoms with Gasteiger partial charge in [-0.25, -0.2) is 0 Å². The van der Waals surface area contributed by atoms with Crippen molar-refractivity contribution < 1.29 is 28.9 Å². The minimum absolute atomic E-state index is 0.0536. The number of likely N-dealkylation sites (tertiary alicyclic amines) is 1. The van der Waals surface area contributed by atoms with E-state index in [0.717, 1.165) is 11.1 Å². The maximum absolute atomic E-state index is 13.2. The molecule has 1 heterocycles. The van der Waals surface area contributed by atoms with Crippen molar-refractivity contribution in [2.75, 3.05) is 27.4 Å². The van der Waals surface area contributed by atoms with Crippen LogP contribution in [-0.2, 0) is 9.59 Å². The molecule has 7 nitrogen and oxygen atoms in total. The van der Waals surface area contributed by atoms with Crippen LogP contribution in [0.3, 0.4) is 0 Å². The zero-order valence-electron chi connectivity index (χ0n) is 20.8. The predicted octanol–water partition coefficient (Wildman–Crippen LogP) is 4.82. The molecule has 1 unspecified atom stereocenters. The van der Waals surface area contributed by atoms with Crippen LogP contribution in [0.1, 0.15) is 28.3 Å². The number of ketones is 1. The summed E-state index contributed by atoms with van der Waals surface area (Å²) >= 11 is 0. The molecule has 36 heavy (non-hydrogen) atoms. The predicted molar refractivity (Wildman–Crippen MR) is 136 cm³/mol. The first-order valence-electron chi connectivity index (χ1n) is 11.6. The van der Waals surface area contributed by atoms with Gasteiger partial charge < -0.3 is 24.2 Å². The lowest BCUT2D eigenvalue weighted by Crippen LogP contribution is -2.33. The molecule has 1 fully saturated rings. The number of benzene rings is 3. The van der Waals surface area contributed by atoms with Gasteiger partial charge >= 0.3 is 0 Å². The largest absolute Gasteiger partial charge is 0.507 e. The Morgan fingerprint density at radius 1 is 0.833 bits per heavy atom. The lowest BCUT2D eigenvalue weighted by atomic mass is 9.94. The second-order valence-corrected chi connectivity index (χ2v) is 8.59. The van der Waals surface area contributed by atoms with Gasteiger partial charge in [0.25, 0.3) is 11.7 Å². The van der Waals surface area contributed by atoms with Gasteiger partial charge in [-0.05, 0) is 73.0 Å². The van der Waals surface area contributed by atoms with Gasteiger partial charge in [0, 0.05) is 5.56 Å². The zero-order valence-corrected chi connectivity index (χ0v) is 20.8. The van der Waals surface area contributed by atoms with Crippen LogP contribution in [-0.4, -0.2) is 49.1 Å². The summed E-state index contributed by atoms with van der Waals surface area (Å²) in [5.41, 5.74) is 3.27. The van der Waals surface area contributed by atoms with Crippen molar-refractivity contribution in [3.8, 4) is 17.2 Å². The molecule has 7 heteroatoms. The van der Waals surface area contributed by atoms with Crippen LogP contribution < -0.4 is 14.2 Å². The molecule has 1 saturated heterocycles. The Labute approximate surface area is 210 Å². The van der Waals surface area contributed by atoms with Gasteiger partial charge in [0.15, 0.2) is 0 Å². The molecule has 0 saturated carbocycles. The number of methoxy groups -OCH3 is 2. The molecule has 1 aliphatic rings. The third-order valence-electron chi connectivity index (χ3n) is 6.41. The Morgan fingerprint density at radius 3 is 2.00 bits per heavy atom. The minimum Gasteiger partial charge on any atom is -0.507 e. The average Bonchev–Trinajstić information content (AvgIpc) is 3.15. The van der Waals surface area contributed by atoms with Crippen LogP contribution in [0.25, 0.3) is 5.76 Å². The molecule has 0 aromatic heterocycles. The molecule has 3 aromatic carbocycles. The number of ether oxygens (including phenoxy) is 3. The van der Waals surface area contributed by atoms with E-state index in [1.807, 2.05) is 26.0 Å². The van der Waals surface area contributed by atoms with Crippen LogP contribution in [0.5, 0.6) is 17.2 Å². The first-order valence-corrected chi connectivity index (χ1v) is 11.6. The smallest absolute Gasteiger partial charge is 0.295 e. The number of hydrogen-bond donors (Lipinski definition) is 1. The third-order valence-corrected chi connectivity index (χ3v) is 6.41. The number of hydrogen-bond acceptors (Lipinski definition) is 6. The first kappa shape index (κ1) is 24.9. The topological polar surface area (TPSA) is 85.3 Å². The van der Waals surface area contributed by atoms with Crippen molar-refractivity contribution in [3.63, 3.8) is 0 Å². The number of aliphatic hydroxyl groups is 1. The van der Waals surface area contributed by atoms with E-state index < -0.39 is 17.7 Å². The summed E-state index contributed by atoms with van der Waals surface area (Å²) in [6.45, 7) is 4.22. The molecule has 0 radical (unpaired) electrons. The van der Waals surface area contributed by atoms with Crippen molar-refractivity contribution in [1.29, 1.82) is 0 Å². The van der Waals surface area contributed by atoms with Gasteiger partial charge in [-0.15, -0.1) is 0 Å². The number of carbonyl (C=O) groups excluding carboxylic acids is 2. The highest BCUT2D eigenvalue weighted by Crippen LogP contribution is 2.40. The SMILES string of the molecule is COc1ccc(OCCN2C(=O)C(=O)/C(=C(\O)c3ccc(C)c(C)c3)C2c2ccc(OC)cc2)cc1. The van der Waals surface area contributed by atoms with Crippen molar-refractivity contribution in [1.82, 2.24) is 4.90 Å². The Bertz CT molecular complexity index is 1290.